The topological polar surface area (TPSA) is 29.3 Å². The van der Waals surface area contributed by atoms with Crippen molar-refractivity contribution in [1.82, 2.24) is 0 Å². The van der Waals surface area contributed by atoms with Gasteiger partial charge in [0.15, 0.2) is 0 Å². The number of anilines is 1. The summed E-state index contributed by atoms with van der Waals surface area (Å²) >= 11 is 0. The lowest BCUT2D eigenvalue weighted by Crippen LogP contribution is -2.64. The number of likely N-dealkylation sites (N-methyl/N-ethyl adjacent to an activating group) is 1. The quantitative estimate of drug-likeness (QED) is 0.892. The largest absolute Gasteiger partial charge is 0.364 e. The number of para-hydroxylation sites is 1. The Bertz CT molecular complexity index is 399. The molecule has 0 bridgehead atoms. The van der Waals surface area contributed by atoms with Crippen molar-refractivity contribution in [2.75, 3.05) is 18.0 Å². The van der Waals surface area contributed by atoms with Crippen LogP contribution in [0.3, 0.4) is 0 Å². The Morgan fingerprint density at radius 2 is 1.74 bits per heavy atom. The van der Waals surface area contributed by atoms with Gasteiger partial charge in [-0.15, -0.1) is 0 Å². The molecule has 1 aliphatic rings. The minimum absolute atomic E-state index is 0.0986. The molecule has 1 atom stereocenters. The number of hydrogen-bond acceptors (Lipinski definition) is 2. The summed E-state index contributed by atoms with van der Waals surface area (Å²) < 4.78 is 0. The van der Waals surface area contributed by atoms with E-state index in [0.29, 0.717) is 0 Å². The van der Waals surface area contributed by atoms with Gasteiger partial charge in [0.2, 0.25) is 0 Å². The molecule has 0 spiro atoms. The minimum Gasteiger partial charge on any atom is -0.364 e. The summed E-state index contributed by atoms with van der Waals surface area (Å²) in [6.07, 6.45) is 5.11. The van der Waals surface area contributed by atoms with Crippen molar-refractivity contribution in [3.05, 3.63) is 30.3 Å². The highest BCUT2D eigenvalue weighted by Gasteiger charge is 2.49. The predicted molar refractivity (Wildman–Crippen MR) is 83.5 cm³/mol. The standard InChI is InChI=1S/C17H28N2/c1-4-19(15-10-6-5-7-11-15)17(14-18)13-9-8-12-16(17,2)3/h5-7,10-11H,4,8-9,12-14,18H2,1-3H3. The predicted octanol–water partition coefficient (Wildman–Crippen LogP) is 3.81. The molecule has 0 heterocycles. The molecular formula is C17H28N2. The van der Waals surface area contributed by atoms with Gasteiger partial charge in [-0.05, 0) is 37.3 Å². The highest BCUT2D eigenvalue weighted by molar-refractivity contribution is 5.50. The fourth-order valence-corrected chi connectivity index (χ4v) is 3.88. The van der Waals surface area contributed by atoms with Crippen molar-refractivity contribution in [2.45, 2.75) is 52.0 Å². The summed E-state index contributed by atoms with van der Waals surface area (Å²) in [5.74, 6) is 0. The van der Waals surface area contributed by atoms with Crippen molar-refractivity contribution in [3.8, 4) is 0 Å². The molecule has 19 heavy (non-hydrogen) atoms. The van der Waals surface area contributed by atoms with E-state index in [1.54, 1.807) is 0 Å². The van der Waals surface area contributed by atoms with Gasteiger partial charge in [-0.3, -0.25) is 0 Å². The second-order valence-corrected chi connectivity index (χ2v) is 6.41. The van der Waals surface area contributed by atoms with Crippen LogP contribution in [0.5, 0.6) is 0 Å². The van der Waals surface area contributed by atoms with Crippen molar-refractivity contribution in [1.29, 1.82) is 0 Å². The molecule has 1 saturated carbocycles. The van der Waals surface area contributed by atoms with E-state index in [9.17, 15) is 0 Å². The zero-order chi connectivity index (χ0) is 13.9. The molecule has 0 aliphatic heterocycles. The van der Waals surface area contributed by atoms with E-state index >= 15 is 0 Å². The number of hydrogen-bond donors (Lipinski definition) is 1. The van der Waals surface area contributed by atoms with Gasteiger partial charge in [0.25, 0.3) is 0 Å². The van der Waals surface area contributed by atoms with E-state index in [4.69, 9.17) is 5.73 Å². The molecular weight excluding hydrogens is 232 g/mol. The Morgan fingerprint density at radius 3 is 2.26 bits per heavy atom. The van der Waals surface area contributed by atoms with Crippen LogP contribution in [0.4, 0.5) is 5.69 Å². The van der Waals surface area contributed by atoms with Gasteiger partial charge in [0, 0.05) is 18.8 Å². The Balaban J connectivity index is 2.43. The van der Waals surface area contributed by atoms with Crippen LogP contribution in [0.1, 0.15) is 46.5 Å². The summed E-state index contributed by atoms with van der Waals surface area (Å²) in [7, 11) is 0. The van der Waals surface area contributed by atoms with Crippen LogP contribution < -0.4 is 10.6 Å². The summed E-state index contributed by atoms with van der Waals surface area (Å²) in [5.41, 5.74) is 7.96. The van der Waals surface area contributed by atoms with Gasteiger partial charge in [-0.25, -0.2) is 0 Å². The van der Waals surface area contributed by atoms with Crippen LogP contribution in [0.2, 0.25) is 0 Å². The smallest absolute Gasteiger partial charge is 0.0574 e. The van der Waals surface area contributed by atoms with Crippen molar-refractivity contribution in [3.63, 3.8) is 0 Å². The maximum absolute atomic E-state index is 6.29. The Hall–Kier alpha value is -1.02. The number of benzene rings is 1. The van der Waals surface area contributed by atoms with Crippen LogP contribution in [0.15, 0.2) is 30.3 Å². The molecule has 1 aliphatic carbocycles. The van der Waals surface area contributed by atoms with E-state index in [1.807, 2.05) is 0 Å². The lowest BCUT2D eigenvalue weighted by atomic mass is 9.62. The third-order valence-electron chi connectivity index (χ3n) is 5.14. The summed E-state index contributed by atoms with van der Waals surface area (Å²) in [5, 5.41) is 0. The lowest BCUT2D eigenvalue weighted by Gasteiger charge is -2.56. The monoisotopic (exact) mass is 260 g/mol. The molecule has 1 aromatic rings. The Kier molecular flexibility index (Phi) is 4.19. The zero-order valence-corrected chi connectivity index (χ0v) is 12.7. The van der Waals surface area contributed by atoms with E-state index in [-0.39, 0.29) is 11.0 Å². The third-order valence-corrected chi connectivity index (χ3v) is 5.14. The van der Waals surface area contributed by atoms with Gasteiger partial charge in [0.05, 0.1) is 5.54 Å². The average molecular weight is 260 g/mol. The molecule has 2 rings (SSSR count). The van der Waals surface area contributed by atoms with Gasteiger partial charge >= 0.3 is 0 Å². The van der Waals surface area contributed by atoms with E-state index < -0.39 is 0 Å². The molecule has 1 aromatic carbocycles. The molecule has 2 nitrogen and oxygen atoms in total. The summed E-state index contributed by atoms with van der Waals surface area (Å²) in [4.78, 5) is 2.55. The van der Waals surface area contributed by atoms with Crippen molar-refractivity contribution >= 4 is 5.69 Å². The maximum Gasteiger partial charge on any atom is 0.0574 e. The minimum atomic E-state index is 0.0986. The number of nitrogens with two attached hydrogens (primary N) is 1. The van der Waals surface area contributed by atoms with Crippen LogP contribution >= 0.6 is 0 Å². The molecule has 1 fully saturated rings. The second-order valence-electron chi connectivity index (χ2n) is 6.41. The van der Waals surface area contributed by atoms with Crippen molar-refractivity contribution < 1.29 is 0 Å². The average Bonchev–Trinajstić information content (AvgIpc) is 2.42. The molecule has 0 radical (unpaired) electrons. The first-order chi connectivity index (χ1) is 9.07. The molecule has 2 N–H and O–H groups in total. The van der Waals surface area contributed by atoms with E-state index in [1.165, 1.54) is 31.4 Å². The molecule has 0 saturated heterocycles. The zero-order valence-electron chi connectivity index (χ0n) is 12.7. The van der Waals surface area contributed by atoms with Gasteiger partial charge in [0.1, 0.15) is 0 Å². The maximum atomic E-state index is 6.29. The molecule has 0 aromatic heterocycles. The van der Waals surface area contributed by atoms with Crippen molar-refractivity contribution in [2.24, 2.45) is 11.1 Å². The second kappa shape index (κ2) is 5.54. The van der Waals surface area contributed by atoms with Gasteiger partial charge in [-0.1, -0.05) is 44.9 Å². The van der Waals surface area contributed by atoms with Crippen LogP contribution in [-0.4, -0.2) is 18.6 Å². The highest BCUT2D eigenvalue weighted by Crippen LogP contribution is 2.48. The Morgan fingerprint density at radius 1 is 1.11 bits per heavy atom. The Labute approximate surface area is 118 Å². The van der Waals surface area contributed by atoms with Crippen LogP contribution in [0.25, 0.3) is 0 Å². The number of nitrogens with zero attached hydrogens (tertiary/aromatic N) is 1. The molecule has 0 amide bonds. The fourth-order valence-electron chi connectivity index (χ4n) is 3.88. The first-order valence-electron chi connectivity index (χ1n) is 7.60. The highest BCUT2D eigenvalue weighted by atomic mass is 15.2. The summed E-state index contributed by atoms with van der Waals surface area (Å²) in [6, 6.07) is 10.8. The first kappa shape index (κ1) is 14.4. The fraction of sp³-hybridized carbons (Fsp3) is 0.647. The lowest BCUT2D eigenvalue weighted by molar-refractivity contribution is 0.0970. The normalized spacial score (nSPS) is 26.1. The van der Waals surface area contributed by atoms with Gasteiger partial charge in [-0.2, -0.15) is 0 Å². The first-order valence-corrected chi connectivity index (χ1v) is 7.60. The summed E-state index contributed by atoms with van der Waals surface area (Å²) in [6.45, 7) is 8.79. The molecule has 2 heteroatoms. The third kappa shape index (κ3) is 2.38. The van der Waals surface area contributed by atoms with Crippen LogP contribution in [0, 0.1) is 5.41 Å². The number of rotatable bonds is 4. The van der Waals surface area contributed by atoms with E-state index in [2.05, 4.69) is 56.0 Å². The van der Waals surface area contributed by atoms with Crippen LogP contribution in [-0.2, 0) is 0 Å². The van der Waals surface area contributed by atoms with E-state index in [0.717, 1.165) is 13.1 Å². The van der Waals surface area contributed by atoms with Gasteiger partial charge < -0.3 is 10.6 Å². The molecule has 1 unspecified atom stereocenters. The molecule has 106 valence electrons. The SMILES string of the molecule is CCN(c1ccccc1)C1(CN)CCCCC1(C)C.